The van der Waals surface area contributed by atoms with Crippen molar-refractivity contribution in [2.75, 3.05) is 33.9 Å². The molecule has 27 heavy (non-hydrogen) atoms. The molecule has 1 atom stereocenters. The zero-order valence-electron chi connectivity index (χ0n) is 15.5. The van der Waals surface area contributed by atoms with Crippen LogP contribution in [-0.2, 0) is 11.2 Å². The highest BCUT2D eigenvalue weighted by molar-refractivity contribution is 7.10. The van der Waals surface area contributed by atoms with Crippen LogP contribution in [0.5, 0.6) is 11.5 Å². The van der Waals surface area contributed by atoms with E-state index in [1.165, 1.54) is 10.4 Å². The van der Waals surface area contributed by atoms with Crippen LogP contribution in [-0.4, -0.2) is 44.7 Å². The summed E-state index contributed by atoms with van der Waals surface area (Å²) in [7, 11) is 3.27. The summed E-state index contributed by atoms with van der Waals surface area (Å²) in [6.07, 6.45) is 1.16. The van der Waals surface area contributed by atoms with Gasteiger partial charge in [0, 0.05) is 18.0 Å². The molecule has 1 aromatic carbocycles. The first-order valence-electron chi connectivity index (χ1n) is 8.83. The molecule has 6 nitrogen and oxygen atoms in total. The van der Waals surface area contributed by atoms with Gasteiger partial charge in [0.15, 0.2) is 11.5 Å². The molecule has 1 unspecified atom stereocenters. The highest BCUT2D eigenvalue weighted by Gasteiger charge is 2.32. The lowest BCUT2D eigenvalue weighted by atomic mass is 9.91. The monoisotopic (exact) mass is 385 g/mol. The van der Waals surface area contributed by atoms with E-state index in [4.69, 9.17) is 14.7 Å². The predicted octanol–water partition coefficient (Wildman–Crippen LogP) is 2.74. The summed E-state index contributed by atoms with van der Waals surface area (Å²) < 4.78 is 10.9. The zero-order valence-corrected chi connectivity index (χ0v) is 16.3. The number of hydrogen-bond donors (Lipinski definition) is 1. The molecule has 1 amide bonds. The largest absolute Gasteiger partial charge is 0.493 e. The van der Waals surface area contributed by atoms with Crippen LogP contribution in [0, 0.1) is 11.3 Å². The fourth-order valence-electron chi connectivity index (χ4n) is 3.45. The molecule has 2 aromatic rings. The van der Waals surface area contributed by atoms with Crippen LogP contribution in [0.25, 0.3) is 0 Å². The summed E-state index contributed by atoms with van der Waals surface area (Å²) in [5, 5.41) is 13.5. The first-order valence-corrected chi connectivity index (χ1v) is 9.71. The van der Waals surface area contributed by atoms with Crippen molar-refractivity contribution in [2.24, 2.45) is 0 Å². The van der Waals surface area contributed by atoms with E-state index >= 15 is 0 Å². The van der Waals surface area contributed by atoms with E-state index < -0.39 is 0 Å². The highest BCUT2D eigenvalue weighted by Crippen LogP contribution is 2.41. The average Bonchev–Trinajstić information content (AvgIpc) is 3.21. The number of hydrogen-bond acceptors (Lipinski definition) is 6. The van der Waals surface area contributed by atoms with E-state index in [9.17, 15) is 4.79 Å². The van der Waals surface area contributed by atoms with Gasteiger partial charge in [-0.1, -0.05) is 6.07 Å². The Morgan fingerprint density at radius 3 is 2.81 bits per heavy atom. The molecule has 0 fully saturated rings. The van der Waals surface area contributed by atoms with E-state index in [2.05, 4.69) is 21.7 Å². The molecule has 2 heterocycles. The number of ether oxygens (including phenoxy) is 2. The van der Waals surface area contributed by atoms with Crippen LogP contribution in [0.2, 0.25) is 0 Å². The van der Waals surface area contributed by atoms with Gasteiger partial charge in [-0.25, -0.2) is 0 Å². The Kier molecular flexibility index (Phi) is 6.32. The van der Waals surface area contributed by atoms with Gasteiger partial charge in [0.2, 0.25) is 5.91 Å². The molecule has 1 N–H and O–H groups in total. The Labute approximate surface area is 163 Å². The maximum absolute atomic E-state index is 12.3. The topological polar surface area (TPSA) is 74.6 Å². The summed E-state index contributed by atoms with van der Waals surface area (Å²) in [5.74, 6) is 1.36. The number of methoxy groups -OCH3 is 2. The molecule has 1 aromatic heterocycles. The number of carbonyl (C=O) groups excluding carboxylic acids is 1. The van der Waals surface area contributed by atoms with Gasteiger partial charge in [-0.15, -0.1) is 11.3 Å². The first-order chi connectivity index (χ1) is 13.2. The lowest BCUT2D eigenvalue weighted by Crippen LogP contribution is -2.43. The van der Waals surface area contributed by atoms with E-state index in [-0.39, 0.29) is 11.9 Å². The molecule has 142 valence electrons. The van der Waals surface area contributed by atoms with Gasteiger partial charge < -0.3 is 14.8 Å². The number of amides is 1. The normalized spacial score (nSPS) is 16.3. The second kappa shape index (κ2) is 8.89. The minimum atomic E-state index is -0.0595. The second-order valence-corrected chi connectivity index (χ2v) is 7.28. The van der Waals surface area contributed by atoms with Gasteiger partial charge in [-0.3, -0.25) is 9.69 Å². The lowest BCUT2D eigenvalue weighted by molar-refractivity contribution is -0.122. The van der Waals surface area contributed by atoms with Crippen molar-refractivity contribution in [1.29, 1.82) is 5.26 Å². The molecule has 7 heteroatoms. The SMILES string of the molecule is COc1cc2c(cc1OC)C(c1cccs1)N(CC(=O)NCCC#N)CC2. The van der Waals surface area contributed by atoms with Crippen LogP contribution >= 0.6 is 11.3 Å². The van der Waals surface area contributed by atoms with Crippen LogP contribution in [0.4, 0.5) is 0 Å². The van der Waals surface area contributed by atoms with Gasteiger partial charge >= 0.3 is 0 Å². The summed E-state index contributed by atoms with van der Waals surface area (Å²) >= 11 is 1.68. The van der Waals surface area contributed by atoms with Gasteiger partial charge in [0.25, 0.3) is 0 Å². The van der Waals surface area contributed by atoms with Gasteiger partial charge in [0.1, 0.15) is 0 Å². The molecule has 1 aliphatic heterocycles. The predicted molar refractivity (Wildman–Crippen MR) is 104 cm³/mol. The highest BCUT2D eigenvalue weighted by atomic mass is 32.1. The summed E-state index contributed by atoms with van der Waals surface area (Å²) in [4.78, 5) is 15.7. The lowest BCUT2D eigenvalue weighted by Gasteiger charge is -2.37. The van der Waals surface area contributed by atoms with E-state index in [1.54, 1.807) is 25.6 Å². The zero-order chi connectivity index (χ0) is 19.2. The van der Waals surface area contributed by atoms with Crippen LogP contribution in [0.3, 0.4) is 0 Å². The third kappa shape index (κ3) is 4.24. The Morgan fingerprint density at radius 1 is 1.37 bits per heavy atom. The van der Waals surface area contributed by atoms with Crippen molar-refractivity contribution in [3.8, 4) is 17.6 Å². The average molecular weight is 385 g/mol. The number of fused-ring (bicyclic) bond motifs is 1. The van der Waals surface area contributed by atoms with Crippen molar-refractivity contribution < 1.29 is 14.3 Å². The number of nitriles is 1. The van der Waals surface area contributed by atoms with Crippen molar-refractivity contribution in [3.05, 3.63) is 45.6 Å². The molecule has 0 bridgehead atoms. The van der Waals surface area contributed by atoms with E-state index in [1.807, 2.05) is 24.3 Å². The maximum Gasteiger partial charge on any atom is 0.234 e. The Hall–Kier alpha value is -2.56. The number of thiophene rings is 1. The molecule has 1 aliphatic rings. The minimum absolute atomic E-state index is 0.00438. The Bertz CT molecular complexity index is 830. The third-order valence-corrected chi connectivity index (χ3v) is 5.62. The van der Waals surface area contributed by atoms with Crippen LogP contribution in [0.1, 0.15) is 28.5 Å². The molecular weight excluding hydrogens is 362 g/mol. The standard InChI is InChI=1S/C20H23N3O3S/c1-25-16-11-14-6-9-23(13-19(24)22-8-4-7-21)20(18-5-3-10-27-18)15(14)12-17(16)26-2/h3,5,10-12,20H,4,6,8-9,13H2,1-2H3,(H,22,24). The summed E-state index contributed by atoms with van der Waals surface area (Å²) in [6.45, 7) is 1.45. The molecule has 0 saturated carbocycles. The molecule has 0 aliphatic carbocycles. The number of nitrogens with zero attached hydrogens (tertiary/aromatic N) is 2. The van der Waals surface area contributed by atoms with Crippen molar-refractivity contribution >= 4 is 17.2 Å². The van der Waals surface area contributed by atoms with E-state index in [0.29, 0.717) is 25.3 Å². The van der Waals surface area contributed by atoms with Gasteiger partial charge in [-0.05, 0) is 41.1 Å². The quantitative estimate of drug-likeness (QED) is 0.742. The minimum Gasteiger partial charge on any atom is -0.493 e. The number of rotatable bonds is 7. The van der Waals surface area contributed by atoms with E-state index in [0.717, 1.165) is 24.3 Å². The Morgan fingerprint density at radius 2 is 2.15 bits per heavy atom. The third-order valence-electron chi connectivity index (χ3n) is 4.69. The molecular formula is C20H23N3O3S. The Balaban J connectivity index is 1.91. The van der Waals surface area contributed by atoms with Crippen LogP contribution in [0.15, 0.2) is 29.6 Å². The molecule has 0 saturated heterocycles. The maximum atomic E-state index is 12.3. The summed E-state index contributed by atoms with van der Waals surface area (Å²) in [5.41, 5.74) is 2.36. The first kappa shape index (κ1) is 19.2. The number of nitrogens with one attached hydrogen (secondary N) is 1. The smallest absolute Gasteiger partial charge is 0.234 e. The fourth-order valence-corrected chi connectivity index (χ4v) is 4.32. The van der Waals surface area contributed by atoms with Gasteiger partial charge in [-0.2, -0.15) is 5.26 Å². The molecule has 0 spiro atoms. The van der Waals surface area contributed by atoms with Crippen LogP contribution < -0.4 is 14.8 Å². The summed E-state index contributed by atoms with van der Waals surface area (Å²) in [6, 6.07) is 10.2. The molecule has 0 radical (unpaired) electrons. The number of benzene rings is 1. The van der Waals surface area contributed by atoms with Crippen molar-refractivity contribution in [2.45, 2.75) is 18.9 Å². The number of carbonyl (C=O) groups is 1. The van der Waals surface area contributed by atoms with Crippen molar-refractivity contribution in [1.82, 2.24) is 10.2 Å². The van der Waals surface area contributed by atoms with Gasteiger partial charge in [0.05, 0.1) is 39.3 Å². The second-order valence-electron chi connectivity index (χ2n) is 6.30. The van der Waals surface area contributed by atoms with Crippen molar-refractivity contribution in [3.63, 3.8) is 0 Å². The molecule has 3 rings (SSSR count). The fraction of sp³-hybridized carbons (Fsp3) is 0.400.